The number of aromatic nitrogens is 4. The van der Waals surface area contributed by atoms with E-state index in [0.29, 0.717) is 0 Å². The van der Waals surface area contributed by atoms with Crippen LogP contribution in [-0.4, -0.2) is 51.8 Å². The van der Waals surface area contributed by atoms with Crippen LogP contribution >= 0.6 is 0 Å². The lowest BCUT2D eigenvalue weighted by molar-refractivity contribution is 0.132. The van der Waals surface area contributed by atoms with Gasteiger partial charge >= 0.3 is 0 Å². The second kappa shape index (κ2) is 7.66. The van der Waals surface area contributed by atoms with Gasteiger partial charge in [-0.2, -0.15) is 4.68 Å². The summed E-state index contributed by atoms with van der Waals surface area (Å²) < 4.78 is 1.86. The smallest absolute Gasteiger partial charge is 0.173 e. The molecule has 1 fully saturated rings. The van der Waals surface area contributed by atoms with Crippen molar-refractivity contribution in [1.82, 2.24) is 30.4 Å². The van der Waals surface area contributed by atoms with Crippen molar-refractivity contribution in [3.63, 3.8) is 0 Å². The highest BCUT2D eigenvalue weighted by Gasteiger charge is 2.26. The fraction of sp³-hybridized carbons (Fsp3) is 0.588. The Bertz CT molecular complexity index is 588. The number of hydrogen-bond acceptors (Lipinski definition) is 5. The number of rotatable bonds is 6. The van der Waals surface area contributed by atoms with Crippen LogP contribution in [0, 0.1) is 5.92 Å². The Kier molecular flexibility index (Phi) is 5.35. The zero-order valence-corrected chi connectivity index (χ0v) is 14.0. The molecule has 0 radical (unpaired) electrons. The van der Waals surface area contributed by atoms with Crippen LogP contribution in [0.4, 0.5) is 0 Å². The fourth-order valence-corrected chi connectivity index (χ4v) is 3.35. The predicted octanol–water partition coefficient (Wildman–Crippen LogP) is 2.04. The summed E-state index contributed by atoms with van der Waals surface area (Å²) in [6, 6.07) is 10.3. The van der Waals surface area contributed by atoms with Crippen molar-refractivity contribution in [2.24, 2.45) is 5.92 Å². The molecule has 0 amide bonds. The third-order valence-electron chi connectivity index (χ3n) is 4.87. The Hall–Kier alpha value is -1.79. The van der Waals surface area contributed by atoms with Crippen molar-refractivity contribution in [3.8, 4) is 5.69 Å². The monoisotopic (exact) mass is 314 g/mol. The van der Waals surface area contributed by atoms with Gasteiger partial charge in [0, 0.05) is 0 Å². The second-order valence-corrected chi connectivity index (χ2v) is 6.33. The molecule has 0 aliphatic carbocycles. The standard InChI is InChI=1S/C17H26N6/c1-14(22-12-9-15(10-13-22)8-11-18-2)17-19-20-21-23(17)16-6-4-3-5-7-16/h3-7,14-15,18H,8-13H2,1-2H3. The summed E-state index contributed by atoms with van der Waals surface area (Å²) in [5.41, 5.74) is 1.02. The van der Waals surface area contributed by atoms with Crippen LogP contribution in [0.5, 0.6) is 0 Å². The van der Waals surface area contributed by atoms with Gasteiger partial charge in [-0.15, -0.1) is 5.10 Å². The minimum Gasteiger partial charge on any atom is -0.320 e. The number of likely N-dealkylation sites (tertiary alicyclic amines) is 1. The van der Waals surface area contributed by atoms with Gasteiger partial charge in [-0.25, -0.2) is 0 Å². The van der Waals surface area contributed by atoms with Crippen molar-refractivity contribution in [2.75, 3.05) is 26.7 Å². The fourth-order valence-electron chi connectivity index (χ4n) is 3.35. The summed E-state index contributed by atoms with van der Waals surface area (Å²) in [5.74, 6) is 1.76. The molecule has 1 aromatic carbocycles. The van der Waals surface area contributed by atoms with E-state index >= 15 is 0 Å². The molecule has 2 heterocycles. The molecule has 1 aromatic heterocycles. The summed E-state index contributed by atoms with van der Waals surface area (Å²) in [7, 11) is 2.03. The molecule has 124 valence electrons. The zero-order chi connectivity index (χ0) is 16.1. The summed E-state index contributed by atoms with van der Waals surface area (Å²) in [4.78, 5) is 2.50. The highest BCUT2D eigenvalue weighted by Crippen LogP contribution is 2.27. The highest BCUT2D eigenvalue weighted by atomic mass is 15.6. The van der Waals surface area contributed by atoms with E-state index in [1.165, 1.54) is 19.3 Å². The Labute approximate surface area is 137 Å². The molecule has 0 spiro atoms. The molecule has 1 atom stereocenters. The van der Waals surface area contributed by atoms with Crippen LogP contribution in [0.15, 0.2) is 30.3 Å². The highest BCUT2D eigenvalue weighted by molar-refractivity contribution is 5.30. The van der Waals surface area contributed by atoms with Gasteiger partial charge in [0.1, 0.15) is 0 Å². The normalized spacial score (nSPS) is 18.2. The van der Waals surface area contributed by atoms with E-state index < -0.39 is 0 Å². The number of nitrogens with zero attached hydrogens (tertiary/aromatic N) is 5. The molecule has 1 unspecified atom stereocenters. The molecule has 3 rings (SSSR count). The van der Waals surface area contributed by atoms with Crippen molar-refractivity contribution in [1.29, 1.82) is 0 Å². The Balaban J connectivity index is 1.66. The lowest BCUT2D eigenvalue weighted by atomic mass is 9.93. The van der Waals surface area contributed by atoms with Gasteiger partial charge in [0.15, 0.2) is 5.82 Å². The van der Waals surface area contributed by atoms with Crippen LogP contribution in [-0.2, 0) is 0 Å². The van der Waals surface area contributed by atoms with Crippen molar-refractivity contribution in [3.05, 3.63) is 36.2 Å². The van der Waals surface area contributed by atoms with Gasteiger partial charge in [-0.1, -0.05) is 18.2 Å². The van der Waals surface area contributed by atoms with Crippen molar-refractivity contribution in [2.45, 2.75) is 32.2 Å². The zero-order valence-electron chi connectivity index (χ0n) is 14.0. The van der Waals surface area contributed by atoms with E-state index in [2.05, 4.69) is 32.7 Å². The number of tetrazole rings is 1. The number of benzene rings is 1. The first-order chi connectivity index (χ1) is 11.3. The maximum absolute atomic E-state index is 4.29. The number of nitrogens with one attached hydrogen (secondary N) is 1. The van der Waals surface area contributed by atoms with Gasteiger partial charge in [0.05, 0.1) is 11.7 Å². The lowest BCUT2D eigenvalue weighted by Gasteiger charge is -2.35. The van der Waals surface area contributed by atoms with Crippen molar-refractivity contribution >= 4 is 0 Å². The van der Waals surface area contributed by atoms with E-state index in [-0.39, 0.29) is 6.04 Å². The van der Waals surface area contributed by atoms with E-state index in [9.17, 15) is 0 Å². The van der Waals surface area contributed by atoms with Gasteiger partial charge in [0.2, 0.25) is 0 Å². The predicted molar refractivity (Wildman–Crippen MR) is 90.4 cm³/mol. The average molecular weight is 314 g/mol. The second-order valence-electron chi connectivity index (χ2n) is 6.33. The van der Waals surface area contributed by atoms with Crippen molar-refractivity contribution < 1.29 is 0 Å². The molecule has 6 nitrogen and oxygen atoms in total. The topological polar surface area (TPSA) is 58.9 Å². The maximum Gasteiger partial charge on any atom is 0.173 e. The van der Waals surface area contributed by atoms with Gasteiger partial charge in [0.25, 0.3) is 0 Å². The lowest BCUT2D eigenvalue weighted by Crippen LogP contribution is -2.37. The molecule has 1 aliphatic rings. The van der Waals surface area contributed by atoms with Crippen LogP contribution in [0.1, 0.15) is 38.1 Å². The first kappa shape index (κ1) is 16.1. The molecule has 2 aromatic rings. The summed E-state index contributed by atoms with van der Waals surface area (Å²) in [6.07, 6.45) is 3.80. The Morgan fingerprint density at radius 1 is 1.22 bits per heavy atom. The van der Waals surface area contributed by atoms with E-state index in [1.807, 2.05) is 42.1 Å². The Morgan fingerprint density at radius 3 is 2.65 bits per heavy atom. The van der Waals surface area contributed by atoms with Crippen LogP contribution in [0.2, 0.25) is 0 Å². The van der Waals surface area contributed by atoms with Crippen LogP contribution in [0.3, 0.4) is 0 Å². The van der Waals surface area contributed by atoms with E-state index in [4.69, 9.17) is 0 Å². The van der Waals surface area contributed by atoms with Crippen LogP contribution < -0.4 is 5.32 Å². The molecule has 0 saturated carbocycles. The average Bonchev–Trinajstić information content (AvgIpc) is 3.10. The quantitative estimate of drug-likeness (QED) is 0.884. The number of para-hydroxylation sites is 1. The number of hydrogen-bond donors (Lipinski definition) is 1. The molecule has 1 aliphatic heterocycles. The minimum atomic E-state index is 0.232. The third-order valence-corrected chi connectivity index (χ3v) is 4.87. The van der Waals surface area contributed by atoms with Gasteiger partial charge in [-0.05, 0) is 81.3 Å². The first-order valence-corrected chi connectivity index (χ1v) is 8.52. The SMILES string of the molecule is CNCCC1CCN(C(C)c2nnnn2-c2ccccc2)CC1. The third kappa shape index (κ3) is 3.76. The summed E-state index contributed by atoms with van der Waals surface area (Å²) in [5, 5.41) is 15.6. The van der Waals surface area contributed by atoms with Crippen LogP contribution in [0.25, 0.3) is 5.69 Å². The first-order valence-electron chi connectivity index (χ1n) is 8.52. The Morgan fingerprint density at radius 2 is 1.96 bits per heavy atom. The van der Waals surface area contributed by atoms with Gasteiger partial charge < -0.3 is 5.32 Å². The summed E-state index contributed by atoms with van der Waals surface area (Å²) in [6.45, 7) is 5.57. The molecular weight excluding hydrogens is 288 g/mol. The van der Waals surface area contributed by atoms with E-state index in [0.717, 1.165) is 37.1 Å². The molecule has 1 saturated heterocycles. The molecule has 0 bridgehead atoms. The molecular formula is C17H26N6. The maximum atomic E-state index is 4.29. The molecule has 6 heteroatoms. The largest absolute Gasteiger partial charge is 0.320 e. The van der Waals surface area contributed by atoms with Gasteiger partial charge in [-0.3, -0.25) is 4.90 Å². The molecule has 23 heavy (non-hydrogen) atoms. The number of piperidine rings is 1. The van der Waals surface area contributed by atoms with E-state index in [1.54, 1.807) is 0 Å². The molecule has 1 N–H and O–H groups in total. The minimum absolute atomic E-state index is 0.232. The summed E-state index contributed by atoms with van der Waals surface area (Å²) >= 11 is 0.